The summed E-state index contributed by atoms with van der Waals surface area (Å²) in [4.78, 5) is 9.62. The average Bonchev–Trinajstić information content (AvgIpc) is 3.56. The summed E-state index contributed by atoms with van der Waals surface area (Å²) in [6.45, 7) is 17.5. The zero-order valence-electron chi connectivity index (χ0n) is 36.0. The molecule has 316 valence electrons. The first-order valence-corrected chi connectivity index (χ1v) is 24.2. The minimum Gasteiger partial charge on any atom is -0.862 e. The van der Waals surface area contributed by atoms with Gasteiger partial charge in [0.25, 0.3) is 0 Å². The minimum atomic E-state index is -4.17. The Balaban J connectivity index is 0.00000348. The Morgan fingerprint density at radius 3 is 1.45 bits per heavy atom. The summed E-state index contributed by atoms with van der Waals surface area (Å²) in [5, 5.41) is 12.8. The Labute approximate surface area is 330 Å². The van der Waals surface area contributed by atoms with Gasteiger partial charge in [-0.25, -0.2) is 9.18 Å². The molecule has 0 aromatic heterocycles. The summed E-state index contributed by atoms with van der Waals surface area (Å²) in [6.07, 6.45) is 38.4. The van der Waals surface area contributed by atoms with Crippen molar-refractivity contribution in [2.45, 2.75) is 221 Å². The summed E-state index contributed by atoms with van der Waals surface area (Å²) in [5.74, 6) is 2.14. The summed E-state index contributed by atoms with van der Waals surface area (Å²) in [6, 6.07) is 0. The van der Waals surface area contributed by atoms with E-state index in [1.807, 2.05) is 0 Å². The highest BCUT2D eigenvalue weighted by Crippen LogP contribution is 2.25. The van der Waals surface area contributed by atoms with Crippen LogP contribution in [0, 0.1) is 11.8 Å². The lowest BCUT2D eigenvalue weighted by atomic mass is 9.98. The number of quaternary nitrogens is 1. The molecule has 0 spiro atoms. The van der Waals surface area contributed by atoms with E-state index in [0.717, 1.165) is 37.1 Å². The number of hydrogen-bond acceptors (Lipinski definition) is 6. The van der Waals surface area contributed by atoms with Gasteiger partial charge >= 0.3 is 10.4 Å². The van der Waals surface area contributed by atoms with E-state index in [-0.39, 0.29) is 18.4 Å². The van der Waals surface area contributed by atoms with E-state index in [1.54, 1.807) is 0 Å². The van der Waals surface area contributed by atoms with Crippen molar-refractivity contribution in [2.75, 3.05) is 39.3 Å². The zero-order valence-corrected chi connectivity index (χ0v) is 36.8. The van der Waals surface area contributed by atoms with E-state index < -0.39 is 10.4 Å². The van der Waals surface area contributed by atoms with Crippen LogP contribution in [-0.4, -0.2) is 68.5 Å². The van der Waals surface area contributed by atoms with Gasteiger partial charge < -0.3 is 5.11 Å². The maximum atomic E-state index is 12.8. The number of hydrogen-bond donors (Lipinski definition) is 1. The average molecular weight is 772 g/mol. The van der Waals surface area contributed by atoms with Crippen molar-refractivity contribution in [3.63, 3.8) is 0 Å². The van der Waals surface area contributed by atoms with E-state index in [0.29, 0.717) is 12.5 Å². The molecule has 0 fully saturated rings. The molecule has 1 aliphatic rings. The number of aliphatic imine (C=N–C) groups is 2. The Bertz CT molecular complexity index is 990. The first-order valence-electron chi connectivity index (χ1n) is 22.8. The van der Waals surface area contributed by atoms with Gasteiger partial charge in [0, 0.05) is 5.92 Å². The number of amidine groups is 1. The summed E-state index contributed by atoms with van der Waals surface area (Å²) in [5.41, 5.74) is 0. The highest BCUT2D eigenvalue weighted by Gasteiger charge is 2.39. The third kappa shape index (κ3) is 29.9. The fourth-order valence-electron chi connectivity index (χ4n) is 7.79. The quantitative estimate of drug-likeness (QED) is 0.0224. The maximum absolute atomic E-state index is 12.8. The Morgan fingerprint density at radius 1 is 0.698 bits per heavy atom. The fraction of sp³-hybridized carbons (Fsp3) is 0.955. The van der Waals surface area contributed by atoms with Crippen LogP contribution in [0.2, 0.25) is 0 Å². The number of rotatable bonds is 36. The minimum absolute atomic E-state index is 0.0289. The van der Waals surface area contributed by atoms with E-state index in [2.05, 4.69) is 43.8 Å². The van der Waals surface area contributed by atoms with Crippen LogP contribution in [0.25, 0.3) is 0 Å². The predicted molar refractivity (Wildman–Crippen MR) is 227 cm³/mol. The van der Waals surface area contributed by atoms with Crippen LogP contribution in [0.15, 0.2) is 9.98 Å². The van der Waals surface area contributed by atoms with Gasteiger partial charge in [-0.05, 0) is 38.5 Å². The molecule has 0 amide bonds. The van der Waals surface area contributed by atoms with Gasteiger partial charge in [0.1, 0.15) is 13.1 Å². The smallest absolute Gasteiger partial charge is 0.397 e. The summed E-state index contributed by atoms with van der Waals surface area (Å²) < 4.78 is 31.6. The van der Waals surface area contributed by atoms with Crippen molar-refractivity contribution in [3.05, 3.63) is 0 Å². The molecular weight excluding hydrogens is 683 g/mol. The second kappa shape index (κ2) is 35.4. The molecule has 0 aromatic carbocycles. The molecule has 8 nitrogen and oxygen atoms in total. The highest BCUT2D eigenvalue weighted by atomic mass is 32.3. The molecular formula is C44H89N3O5S. The van der Waals surface area contributed by atoms with Gasteiger partial charge in [-0.15, -0.1) is 0 Å². The molecule has 0 saturated heterocycles. The summed E-state index contributed by atoms with van der Waals surface area (Å²) in [7, 11) is -4.17. The van der Waals surface area contributed by atoms with Gasteiger partial charge in [0.05, 0.1) is 26.2 Å². The van der Waals surface area contributed by atoms with Crippen LogP contribution in [0.4, 0.5) is 0 Å². The van der Waals surface area contributed by atoms with Crippen molar-refractivity contribution >= 4 is 22.1 Å². The Morgan fingerprint density at radius 2 is 1.09 bits per heavy atom. The van der Waals surface area contributed by atoms with Crippen LogP contribution in [0.3, 0.4) is 0 Å². The molecule has 0 bridgehead atoms. The third-order valence-corrected chi connectivity index (χ3v) is 11.8. The lowest BCUT2D eigenvalue weighted by Crippen LogP contribution is -2.54. The van der Waals surface area contributed by atoms with Crippen molar-refractivity contribution < 1.29 is 26.7 Å². The van der Waals surface area contributed by atoms with Crippen molar-refractivity contribution in [3.8, 4) is 0 Å². The molecule has 1 heterocycles. The predicted octanol–water partition coefficient (Wildman–Crippen LogP) is 12.1. The van der Waals surface area contributed by atoms with Gasteiger partial charge in [0.15, 0.2) is 0 Å². The first kappa shape index (κ1) is 52.0. The van der Waals surface area contributed by atoms with Crippen LogP contribution < -0.4 is 5.11 Å². The number of nitrogens with zero attached hydrogens (tertiary/aromatic N) is 3. The Kier molecular flexibility index (Phi) is 34.7. The highest BCUT2D eigenvalue weighted by molar-refractivity contribution is 7.80. The molecule has 3 unspecified atom stereocenters. The van der Waals surface area contributed by atoms with E-state index in [1.165, 1.54) is 186 Å². The molecule has 0 saturated carbocycles. The van der Waals surface area contributed by atoms with Crippen molar-refractivity contribution in [2.24, 2.45) is 21.8 Å². The number of unbranched alkanes of at least 4 members (excludes halogenated alkanes) is 24. The van der Waals surface area contributed by atoms with Crippen LogP contribution in [0.1, 0.15) is 221 Å². The second-order valence-electron chi connectivity index (χ2n) is 16.1. The molecule has 0 aliphatic carbocycles. The molecule has 0 aromatic rings. The van der Waals surface area contributed by atoms with E-state index in [4.69, 9.17) is 9.55 Å². The fourth-order valence-corrected chi connectivity index (χ4v) is 8.09. The molecule has 9 heteroatoms. The lowest BCUT2D eigenvalue weighted by molar-refractivity contribution is -0.834. The topological polar surface area (TPSA) is 111 Å². The second-order valence-corrected chi connectivity index (χ2v) is 17.2. The van der Waals surface area contributed by atoms with Crippen LogP contribution in [-0.2, 0) is 14.6 Å². The summed E-state index contributed by atoms with van der Waals surface area (Å²) >= 11 is 0. The molecule has 53 heavy (non-hydrogen) atoms. The third-order valence-electron chi connectivity index (χ3n) is 11.3. The van der Waals surface area contributed by atoms with Crippen molar-refractivity contribution in [1.82, 2.24) is 0 Å². The van der Waals surface area contributed by atoms with Gasteiger partial charge in [-0.2, -0.15) is 8.42 Å². The van der Waals surface area contributed by atoms with Gasteiger partial charge in [-0.1, -0.05) is 195 Å². The molecule has 1 N–H and O–H groups in total. The van der Waals surface area contributed by atoms with Crippen LogP contribution >= 0.6 is 0 Å². The Hall–Kier alpha value is -1.03. The normalized spacial score (nSPS) is 17.4. The van der Waals surface area contributed by atoms with E-state index in [9.17, 15) is 13.5 Å². The van der Waals surface area contributed by atoms with Crippen molar-refractivity contribution in [1.29, 1.82) is 0 Å². The SMILES string of the molecule is CCCCCCCCCCCCCCCC(C)C([O-])=NCC[N+]1(CC)CCN=C1C(C)CCCCCCCCCCCCCCC.CCOS(=O)(=O)O. The first-order chi connectivity index (χ1) is 25.6. The maximum Gasteiger partial charge on any atom is 0.397 e. The van der Waals surface area contributed by atoms with Crippen LogP contribution in [0.5, 0.6) is 0 Å². The van der Waals surface area contributed by atoms with Gasteiger partial charge in [0.2, 0.25) is 5.84 Å². The van der Waals surface area contributed by atoms with E-state index >= 15 is 0 Å². The standard InChI is InChI=1S/C42H83N3O.C2H6O4S/c1-6-9-11-13-15-17-19-21-23-25-27-29-31-33-39(4)41-43-35-37-45(41,8-3)38-36-44-42(46)40(5)34-32-30-28-26-24-22-20-18-16-14-12-10-7-2;1-2-6-7(3,4)5/h39-40H,6-38H2,1-5H3;2H2,1H3,(H,3,4,5). The molecule has 0 radical (unpaired) electrons. The lowest BCUT2D eigenvalue weighted by Gasteiger charge is -2.35. The monoisotopic (exact) mass is 772 g/mol. The largest absolute Gasteiger partial charge is 0.862 e. The molecule has 1 rings (SSSR count). The molecule has 3 atom stereocenters. The molecule has 1 aliphatic heterocycles. The number of likely N-dealkylation sites (N-methyl/N-ethyl adjacent to an activating group) is 1. The van der Waals surface area contributed by atoms with Gasteiger partial charge in [-0.3, -0.25) is 14.0 Å². The zero-order chi connectivity index (χ0) is 39.5.